The second-order valence-corrected chi connectivity index (χ2v) is 10.6. The Kier molecular flexibility index (Phi) is 9.28. The van der Waals surface area contributed by atoms with Crippen LogP contribution in [0.15, 0.2) is 71.1 Å². The highest BCUT2D eigenvalue weighted by atomic mass is 32.2. The average Bonchev–Trinajstić information content (AvgIpc) is 3.12. The van der Waals surface area contributed by atoms with Gasteiger partial charge in [-0.3, -0.25) is 9.59 Å². The van der Waals surface area contributed by atoms with Gasteiger partial charge < -0.3 is 18.9 Å². The van der Waals surface area contributed by atoms with Gasteiger partial charge in [0.1, 0.15) is 5.75 Å². The van der Waals surface area contributed by atoms with Gasteiger partial charge in [-0.1, -0.05) is 49.2 Å². The predicted molar refractivity (Wildman–Crippen MR) is 133 cm³/mol. The van der Waals surface area contributed by atoms with Gasteiger partial charge in [0.05, 0.1) is 44.7 Å². The fourth-order valence-electron chi connectivity index (χ4n) is 4.62. The van der Waals surface area contributed by atoms with Crippen LogP contribution < -0.4 is 4.74 Å². The van der Waals surface area contributed by atoms with Gasteiger partial charge >= 0.3 is 11.9 Å². The minimum Gasteiger partial charge on any atom is -0.497 e. The van der Waals surface area contributed by atoms with Crippen LogP contribution >= 0.6 is 0 Å². The standard InChI is InChI=1S/C27H32O8S/c1-32-21-14-12-20(13-15-21)19-35-18-16-23-24(36(30,31)22-9-5-4-6-10-22)11-7-8-17-27(23,25(28)33-2)26(29)34-3/h4-6,9-10,12-16,24H,7-8,11,17-19H2,1-3H3/b23-16+. The second kappa shape index (κ2) is 12.2. The number of sulfone groups is 1. The van der Waals surface area contributed by atoms with E-state index in [-0.39, 0.29) is 36.5 Å². The van der Waals surface area contributed by atoms with Crippen LogP contribution in [0.2, 0.25) is 0 Å². The predicted octanol–water partition coefficient (Wildman–Crippen LogP) is 3.89. The Morgan fingerprint density at radius 2 is 1.58 bits per heavy atom. The van der Waals surface area contributed by atoms with Crippen molar-refractivity contribution in [2.24, 2.45) is 5.41 Å². The maximum absolute atomic E-state index is 13.8. The molecule has 3 rings (SSSR count). The molecule has 0 aromatic heterocycles. The molecule has 1 fully saturated rings. The molecule has 0 N–H and O–H groups in total. The molecule has 9 heteroatoms. The van der Waals surface area contributed by atoms with Gasteiger partial charge in [0.2, 0.25) is 0 Å². The molecule has 1 saturated carbocycles. The molecule has 2 aromatic carbocycles. The zero-order chi connectivity index (χ0) is 26.2. The quantitative estimate of drug-likeness (QED) is 0.163. The molecule has 0 radical (unpaired) electrons. The normalized spacial score (nSPS) is 18.8. The van der Waals surface area contributed by atoms with Crippen molar-refractivity contribution in [3.8, 4) is 5.75 Å². The summed E-state index contributed by atoms with van der Waals surface area (Å²) >= 11 is 0. The summed E-state index contributed by atoms with van der Waals surface area (Å²) in [5.41, 5.74) is -0.858. The Bertz CT molecular complexity index is 1150. The summed E-state index contributed by atoms with van der Waals surface area (Å²) in [7, 11) is -0.00280. The first kappa shape index (κ1) is 27.4. The summed E-state index contributed by atoms with van der Waals surface area (Å²) in [5, 5.41) is -1.12. The van der Waals surface area contributed by atoms with Crippen molar-refractivity contribution in [1.29, 1.82) is 0 Å². The minimum absolute atomic E-state index is 0.0160. The van der Waals surface area contributed by atoms with Crippen LogP contribution in [-0.2, 0) is 40.2 Å². The van der Waals surface area contributed by atoms with Gasteiger partial charge in [-0.2, -0.15) is 0 Å². The molecule has 194 valence electrons. The molecule has 0 bridgehead atoms. The highest BCUT2D eigenvalue weighted by Crippen LogP contribution is 2.45. The summed E-state index contributed by atoms with van der Waals surface area (Å²) in [5.74, 6) is -0.967. The average molecular weight is 517 g/mol. The van der Waals surface area contributed by atoms with E-state index in [1.54, 1.807) is 25.3 Å². The zero-order valence-electron chi connectivity index (χ0n) is 20.8. The van der Waals surface area contributed by atoms with Gasteiger partial charge in [0, 0.05) is 0 Å². The number of ether oxygens (including phenoxy) is 4. The number of hydrogen-bond acceptors (Lipinski definition) is 8. The van der Waals surface area contributed by atoms with E-state index in [1.165, 1.54) is 32.4 Å². The van der Waals surface area contributed by atoms with E-state index in [0.717, 1.165) is 5.56 Å². The number of esters is 2. The lowest BCUT2D eigenvalue weighted by molar-refractivity contribution is -0.166. The summed E-state index contributed by atoms with van der Waals surface area (Å²) in [4.78, 5) is 26.4. The van der Waals surface area contributed by atoms with Crippen molar-refractivity contribution in [3.05, 3.63) is 71.8 Å². The molecule has 0 amide bonds. The maximum atomic E-state index is 13.8. The molecule has 1 aliphatic rings. The summed E-state index contributed by atoms with van der Waals surface area (Å²) < 4.78 is 48.6. The van der Waals surface area contributed by atoms with Crippen LogP contribution in [0.4, 0.5) is 0 Å². The number of carbonyl (C=O) groups is 2. The van der Waals surface area contributed by atoms with E-state index < -0.39 is 32.4 Å². The van der Waals surface area contributed by atoms with E-state index in [2.05, 4.69) is 0 Å². The van der Waals surface area contributed by atoms with E-state index in [0.29, 0.717) is 18.6 Å². The van der Waals surface area contributed by atoms with Crippen LogP contribution in [0.25, 0.3) is 0 Å². The van der Waals surface area contributed by atoms with Gasteiger partial charge in [-0.15, -0.1) is 0 Å². The van der Waals surface area contributed by atoms with Crippen molar-refractivity contribution in [2.75, 3.05) is 27.9 Å². The van der Waals surface area contributed by atoms with E-state index >= 15 is 0 Å². The lowest BCUT2D eigenvalue weighted by Gasteiger charge is -2.33. The number of hydrogen-bond donors (Lipinski definition) is 0. The smallest absolute Gasteiger partial charge is 0.327 e. The topological polar surface area (TPSA) is 105 Å². The number of benzene rings is 2. The molecular formula is C27H32O8S. The highest BCUT2D eigenvalue weighted by Gasteiger charge is 2.56. The Morgan fingerprint density at radius 1 is 0.944 bits per heavy atom. The molecule has 1 unspecified atom stereocenters. The molecule has 0 spiro atoms. The third-order valence-electron chi connectivity index (χ3n) is 6.47. The Labute approximate surface area is 212 Å². The SMILES string of the molecule is COC(=O)C1(C(=O)OC)CCCCC(S(=O)(=O)c2ccccc2)/C1=C\COCc1ccc(OC)cc1. The van der Waals surface area contributed by atoms with Crippen molar-refractivity contribution < 1.29 is 37.0 Å². The van der Waals surface area contributed by atoms with Crippen LogP contribution in [0.1, 0.15) is 31.2 Å². The van der Waals surface area contributed by atoms with Gasteiger partial charge in [-0.25, -0.2) is 8.42 Å². The van der Waals surface area contributed by atoms with Crippen molar-refractivity contribution >= 4 is 21.8 Å². The molecule has 1 atom stereocenters. The summed E-state index contributed by atoms with van der Waals surface area (Å²) in [6.07, 6.45) is 2.83. The van der Waals surface area contributed by atoms with Gasteiger partial charge in [0.15, 0.2) is 15.3 Å². The number of methoxy groups -OCH3 is 3. The summed E-state index contributed by atoms with van der Waals surface area (Å²) in [6, 6.07) is 15.3. The van der Waals surface area contributed by atoms with Crippen LogP contribution in [0, 0.1) is 5.41 Å². The molecular weight excluding hydrogens is 484 g/mol. The number of rotatable bonds is 9. The van der Waals surface area contributed by atoms with Gasteiger partial charge in [0.25, 0.3) is 0 Å². The lowest BCUT2D eigenvalue weighted by Crippen LogP contribution is -2.46. The lowest BCUT2D eigenvalue weighted by atomic mass is 9.75. The molecule has 0 aliphatic heterocycles. The Balaban J connectivity index is 2.03. The third-order valence-corrected chi connectivity index (χ3v) is 8.64. The molecule has 2 aromatic rings. The van der Waals surface area contributed by atoms with E-state index in [9.17, 15) is 18.0 Å². The first-order valence-electron chi connectivity index (χ1n) is 11.7. The Hall–Kier alpha value is -3.17. The molecule has 36 heavy (non-hydrogen) atoms. The first-order chi connectivity index (χ1) is 17.3. The van der Waals surface area contributed by atoms with Crippen LogP contribution in [0.3, 0.4) is 0 Å². The van der Waals surface area contributed by atoms with E-state index in [4.69, 9.17) is 18.9 Å². The Morgan fingerprint density at radius 3 is 2.17 bits per heavy atom. The van der Waals surface area contributed by atoms with Crippen LogP contribution in [0.5, 0.6) is 5.75 Å². The fraction of sp³-hybridized carbons (Fsp3) is 0.407. The molecule has 0 heterocycles. The van der Waals surface area contributed by atoms with E-state index in [1.807, 2.05) is 24.3 Å². The minimum atomic E-state index is -3.94. The number of carbonyl (C=O) groups excluding carboxylic acids is 2. The highest BCUT2D eigenvalue weighted by molar-refractivity contribution is 7.92. The molecule has 1 aliphatic carbocycles. The first-order valence-corrected chi connectivity index (χ1v) is 13.2. The second-order valence-electron chi connectivity index (χ2n) is 8.50. The van der Waals surface area contributed by atoms with Crippen molar-refractivity contribution in [3.63, 3.8) is 0 Å². The molecule has 0 saturated heterocycles. The van der Waals surface area contributed by atoms with Gasteiger partial charge in [-0.05, 0) is 48.2 Å². The maximum Gasteiger partial charge on any atom is 0.327 e. The zero-order valence-corrected chi connectivity index (χ0v) is 21.6. The summed E-state index contributed by atoms with van der Waals surface area (Å²) in [6.45, 7) is 0.227. The van der Waals surface area contributed by atoms with Crippen molar-refractivity contribution in [1.82, 2.24) is 0 Å². The third kappa shape index (κ3) is 5.63. The van der Waals surface area contributed by atoms with Crippen molar-refractivity contribution in [2.45, 2.75) is 42.4 Å². The van der Waals surface area contributed by atoms with Crippen LogP contribution in [-0.4, -0.2) is 53.5 Å². The fourth-order valence-corrected chi connectivity index (χ4v) is 6.59. The monoisotopic (exact) mass is 516 g/mol. The largest absolute Gasteiger partial charge is 0.497 e. The molecule has 8 nitrogen and oxygen atoms in total.